The van der Waals surface area contributed by atoms with Gasteiger partial charge in [-0.15, -0.1) is 0 Å². The molecule has 8 nitrogen and oxygen atoms in total. The second kappa shape index (κ2) is 7.26. The molecule has 9 heteroatoms. The van der Waals surface area contributed by atoms with Crippen LogP contribution in [0.3, 0.4) is 0 Å². The maximum Gasteiger partial charge on any atom is 0.302 e. The molecule has 1 saturated carbocycles. The van der Waals surface area contributed by atoms with Crippen LogP contribution in [0.4, 0.5) is 11.6 Å². The number of aromatic nitrogens is 2. The lowest BCUT2D eigenvalue weighted by atomic mass is 9.89. The predicted octanol–water partition coefficient (Wildman–Crippen LogP) is 1.12. The first kappa shape index (κ1) is 16.3. The van der Waals surface area contributed by atoms with Gasteiger partial charge in [0.15, 0.2) is 28.4 Å². The fraction of sp³-hybridized carbons (Fsp3) is 0.538. The maximum absolute atomic E-state index is 11.7. The van der Waals surface area contributed by atoms with Crippen molar-refractivity contribution in [1.29, 1.82) is 0 Å². The average Bonchev–Trinajstić information content (AvgIpc) is 2.48. The zero-order chi connectivity index (χ0) is 16.1. The highest BCUT2D eigenvalue weighted by molar-refractivity contribution is 6.32. The van der Waals surface area contributed by atoms with E-state index in [1.807, 2.05) is 0 Å². The van der Waals surface area contributed by atoms with E-state index in [9.17, 15) is 4.79 Å². The van der Waals surface area contributed by atoms with Crippen molar-refractivity contribution in [3.63, 3.8) is 0 Å². The molecule has 0 unspecified atom stereocenters. The van der Waals surface area contributed by atoms with E-state index in [0.717, 1.165) is 6.54 Å². The normalized spacial score (nSPS) is 15.3. The Labute approximate surface area is 133 Å². The van der Waals surface area contributed by atoms with Crippen molar-refractivity contribution in [1.82, 2.24) is 9.97 Å². The van der Waals surface area contributed by atoms with Gasteiger partial charge in [-0.2, -0.15) is 4.99 Å². The number of halogens is 1. The average molecular weight is 326 g/mol. The topological polar surface area (TPSA) is 145 Å². The number of nitrogens with two attached hydrogens (primary N) is 3. The Bertz CT molecular complexity index is 580. The molecule has 2 rings (SSSR count). The monoisotopic (exact) mass is 325 g/mol. The van der Waals surface area contributed by atoms with E-state index in [1.54, 1.807) is 0 Å². The zero-order valence-corrected chi connectivity index (χ0v) is 12.9. The lowest BCUT2D eigenvalue weighted by molar-refractivity contribution is 0.0998. The minimum atomic E-state index is -0.772. The quantitative estimate of drug-likeness (QED) is 0.479. The van der Waals surface area contributed by atoms with Crippen LogP contribution in [-0.2, 0) is 0 Å². The van der Waals surface area contributed by atoms with Crippen LogP contribution in [0, 0.1) is 5.92 Å². The Balaban J connectivity index is 2.08. The second-order valence-electron chi connectivity index (χ2n) is 5.32. The molecule has 0 aliphatic heterocycles. The number of carbonyl (C=O) groups excluding carboxylic acids is 1. The molecule has 0 saturated heterocycles. The van der Waals surface area contributed by atoms with Crippen molar-refractivity contribution < 1.29 is 4.79 Å². The molecule has 1 aliphatic carbocycles. The summed E-state index contributed by atoms with van der Waals surface area (Å²) in [5.41, 5.74) is 15.9. The molecular formula is C13H20ClN7O. The van der Waals surface area contributed by atoms with E-state index in [4.69, 9.17) is 28.8 Å². The number of anilines is 2. The van der Waals surface area contributed by atoms with Crippen molar-refractivity contribution in [3.05, 3.63) is 10.8 Å². The molecule has 0 bridgehead atoms. The van der Waals surface area contributed by atoms with Gasteiger partial charge in [-0.1, -0.05) is 30.9 Å². The SMILES string of the molecule is NC(N)=NC(=O)c1nc(Cl)c(NCC2CCCCC2)nc1N. The summed E-state index contributed by atoms with van der Waals surface area (Å²) in [5, 5.41) is 3.22. The second-order valence-corrected chi connectivity index (χ2v) is 5.68. The first-order valence-corrected chi connectivity index (χ1v) is 7.56. The van der Waals surface area contributed by atoms with Gasteiger partial charge in [0.1, 0.15) is 0 Å². The summed E-state index contributed by atoms with van der Waals surface area (Å²) in [6.45, 7) is 0.759. The number of aliphatic imine (C=N–C) groups is 1. The van der Waals surface area contributed by atoms with Crippen LogP contribution in [0.15, 0.2) is 4.99 Å². The number of nitrogen functional groups attached to an aromatic ring is 1. The third-order valence-electron chi connectivity index (χ3n) is 3.60. The third-order valence-corrected chi connectivity index (χ3v) is 3.86. The molecule has 0 radical (unpaired) electrons. The standard InChI is InChI=1S/C13H20ClN7O/c14-9-11(18-6-7-4-2-1-3-5-7)20-10(15)8(19-9)12(22)21-13(16)17/h7H,1-6H2,(H3,15,18,20)(H4,16,17,21,22). The molecule has 120 valence electrons. The van der Waals surface area contributed by atoms with E-state index in [1.165, 1.54) is 32.1 Å². The molecule has 22 heavy (non-hydrogen) atoms. The molecule has 1 fully saturated rings. The largest absolute Gasteiger partial charge is 0.382 e. The number of guanidine groups is 1. The van der Waals surface area contributed by atoms with Gasteiger partial charge >= 0.3 is 5.91 Å². The number of hydrogen-bond donors (Lipinski definition) is 4. The Kier molecular flexibility index (Phi) is 5.37. The van der Waals surface area contributed by atoms with Crippen LogP contribution in [0.1, 0.15) is 42.6 Å². The zero-order valence-electron chi connectivity index (χ0n) is 12.2. The van der Waals surface area contributed by atoms with Crippen molar-refractivity contribution in [2.75, 3.05) is 17.6 Å². The van der Waals surface area contributed by atoms with Gasteiger partial charge in [0, 0.05) is 6.54 Å². The Morgan fingerprint density at radius 3 is 2.59 bits per heavy atom. The number of carbonyl (C=O) groups is 1. The molecule has 1 aliphatic rings. The van der Waals surface area contributed by atoms with Gasteiger partial charge in [-0.25, -0.2) is 9.97 Å². The predicted molar refractivity (Wildman–Crippen MR) is 86.7 cm³/mol. The highest BCUT2D eigenvalue weighted by atomic mass is 35.5. The smallest absolute Gasteiger partial charge is 0.302 e. The molecule has 1 aromatic rings. The van der Waals surface area contributed by atoms with Crippen LogP contribution in [0.25, 0.3) is 0 Å². The molecule has 1 aromatic heterocycles. The highest BCUT2D eigenvalue weighted by Gasteiger charge is 2.18. The molecule has 1 heterocycles. The van der Waals surface area contributed by atoms with E-state index in [-0.39, 0.29) is 22.6 Å². The summed E-state index contributed by atoms with van der Waals surface area (Å²) in [6, 6.07) is 0. The molecule has 0 atom stereocenters. The van der Waals surface area contributed by atoms with Crippen LogP contribution in [-0.4, -0.2) is 28.4 Å². The van der Waals surface area contributed by atoms with Crippen molar-refractivity contribution >= 4 is 35.1 Å². The summed E-state index contributed by atoms with van der Waals surface area (Å²) in [6.07, 6.45) is 6.18. The van der Waals surface area contributed by atoms with E-state index in [0.29, 0.717) is 11.7 Å². The fourth-order valence-electron chi connectivity index (χ4n) is 2.50. The lowest BCUT2D eigenvalue weighted by Crippen LogP contribution is -2.25. The van der Waals surface area contributed by atoms with Gasteiger partial charge in [-0.3, -0.25) is 4.79 Å². The Morgan fingerprint density at radius 2 is 1.95 bits per heavy atom. The van der Waals surface area contributed by atoms with Gasteiger partial charge in [-0.05, 0) is 18.8 Å². The summed E-state index contributed by atoms with van der Waals surface area (Å²) < 4.78 is 0. The van der Waals surface area contributed by atoms with Gasteiger partial charge in [0.25, 0.3) is 0 Å². The highest BCUT2D eigenvalue weighted by Crippen LogP contribution is 2.26. The van der Waals surface area contributed by atoms with E-state index >= 15 is 0 Å². The fourth-order valence-corrected chi connectivity index (χ4v) is 2.69. The lowest BCUT2D eigenvalue weighted by Gasteiger charge is -2.22. The van der Waals surface area contributed by atoms with Crippen LogP contribution in [0.5, 0.6) is 0 Å². The van der Waals surface area contributed by atoms with Gasteiger partial charge < -0.3 is 22.5 Å². The van der Waals surface area contributed by atoms with E-state index in [2.05, 4.69) is 20.3 Å². The molecule has 0 spiro atoms. The number of rotatable bonds is 4. The first-order chi connectivity index (χ1) is 10.5. The van der Waals surface area contributed by atoms with Gasteiger partial charge in [0.05, 0.1) is 0 Å². The molecule has 1 amide bonds. The number of nitrogens with one attached hydrogen (secondary N) is 1. The van der Waals surface area contributed by atoms with Crippen LogP contribution in [0.2, 0.25) is 5.15 Å². The van der Waals surface area contributed by atoms with Gasteiger partial charge in [0.2, 0.25) is 0 Å². The van der Waals surface area contributed by atoms with E-state index < -0.39 is 5.91 Å². The minimum Gasteiger partial charge on any atom is -0.382 e. The van der Waals surface area contributed by atoms with Crippen molar-refractivity contribution in [2.45, 2.75) is 32.1 Å². The number of amides is 1. The molecular weight excluding hydrogens is 306 g/mol. The maximum atomic E-state index is 11.7. The number of hydrogen-bond acceptors (Lipinski definition) is 5. The summed E-state index contributed by atoms with van der Waals surface area (Å²) in [5.74, 6) is -0.250. The third kappa shape index (κ3) is 4.20. The number of nitrogens with zero attached hydrogens (tertiary/aromatic N) is 3. The minimum absolute atomic E-state index is 0.0643. The Hall–Kier alpha value is -2.09. The molecule has 7 N–H and O–H groups in total. The van der Waals surface area contributed by atoms with Crippen molar-refractivity contribution in [2.24, 2.45) is 22.4 Å². The van der Waals surface area contributed by atoms with Crippen molar-refractivity contribution in [3.8, 4) is 0 Å². The summed E-state index contributed by atoms with van der Waals surface area (Å²) in [7, 11) is 0. The molecule has 0 aromatic carbocycles. The first-order valence-electron chi connectivity index (χ1n) is 7.18. The van der Waals surface area contributed by atoms with Crippen LogP contribution < -0.4 is 22.5 Å². The van der Waals surface area contributed by atoms with Crippen LogP contribution >= 0.6 is 11.6 Å². The summed E-state index contributed by atoms with van der Waals surface area (Å²) >= 11 is 6.04. The summed E-state index contributed by atoms with van der Waals surface area (Å²) in [4.78, 5) is 23.1. The Morgan fingerprint density at radius 1 is 1.27 bits per heavy atom.